The highest BCUT2D eigenvalue weighted by Crippen LogP contribution is 2.07. The van der Waals surface area contributed by atoms with Gasteiger partial charge in [0.15, 0.2) is 0 Å². The number of nitrogens with one attached hydrogen (secondary N) is 1. The number of ether oxygens (including phenoxy) is 1. The van der Waals surface area contributed by atoms with Gasteiger partial charge in [-0.2, -0.15) is 0 Å². The Bertz CT molecular complexity index is 402. The predicted octanol–water partition coefficient (Wildman–Crippen LogP) is 1.94. The smallest absolute Gasteiger partial charge is 0.252 e. The average Bonchev–Trinajstić information content (AvgIpc) is 2.42. The van der Waals surface area contributed by atoms with Crippen molar-refractivity contribution >= 4 is 11.7 Å². The third-order valence-electron chi connectivity index (χ3n) is 2.67. The van der Waals surface area contributed by atoms with Gasteiger partial charge in [0, 0.05) is 40.1 Å². The Balaban J connectivity index is 2.25. The Hall–Kier alpha value is -1.62. The summed E-state index contributed by atoms with van der Waals surface area (Å²) in [7, 11) is 3.83. The molecule has 112 valence electrons. The van der Waals surface area contributed by atoms with Gasteiger partial charge in [0.2, 0.25) is 0 Å². The molecule has 1 aromatic rings. The maximum Gasteiger partial charge on any atom is 0.252 e. The largest absolute Gasteiger partial charge is 0.381 e. The summed E-state index contributed by atoms with van der Waals surface area (Å²) in [6.07, 6.45) is 2.42. The molecule has 20 heavy (non-hydrogen) atoms. The number of anilines is 1. The van der Waals surface area contributed by atoms with E-state index >= 15 is 0 Å². The third kappa shape index (κ3) is 6.02. The molecule has 1 aromatic heterocycles. The molecule has 0 saturated heterocycles. The minimum Gasteiger partial charge on any atom is -0.381 e. The van der Waals surface area contributed by atoms with Crippen LogP contribution in [-0.4, -0.2) is 44.7 Å². The molecule has 0 unspecified atom stereocenters. The zero-order valence-corrected chi connectivity index (χ0v) is 12.8. The Kier molecular flexibility index (Phi) is 7.01. The number of hydrogen-bond acceptors (Lipinski definition) is 4. The molecule has 1 N–H and O–H groups in total. The first-order valence-electron chi connectivity index (χ1n) is 7.00. The number of rotatable bonds is 8. The van der Waals surface area contributed by atoms with Crippen LogP contribution in [0.15, 0.2) is 18.3 Å². The number of pyridine rings is 1. The molecule has 1 rings (SSSR count). The first-order chi connectivity index (χ1) is 9.50. The number of amides is 1. The minimum absolute atomic E-state index is 0.0911. The van der Waals surface area contributed by atoms with E-state index < -0.39 is 0 Å². The van der Waals surface area contributed by atoms with Gasteiger partial charge >= 0.3 is 0 Å². The lowest BCUT2D eigenvalue weighted by atomic mass is 10.2. The van der Waals surface area contributed by atoms with Crippen molar-refractivity contribution in [1.29, 1.82) is 0 Å². The molecule has 0 aliphatic heterocycles. The summed E-state index contributed by atoms with van der Waals surface area (Å²) in [6, 6.07) is 3.62. The molecule has 0 aromatic carbocycles. The van der Waals surface area contributed by atoms with Crippen LogP contribution >= 0.6 is 0 Å². The molecule has 0 saturated carbocycles. The highest BCUT2D eigenvalue weighted by molar-refractivity contribution is 5.94. The quantitative estimate of drug-likeness (QED) is 0.739. The van der Waals surface area contributed by atoms with Crippen molar-refractivity contribution in [3.63, 3.8) is 0 Å². The van der Waals surface area contributed by atoms with Crippen molar-refractivity contribution < 1.29 is 9.53 Å². The second kappa shape index (κ2) is 8.53. The van der Waals surface area contributed by atoms with Crippen molar-refractivity contribution in [3.05, 3.63) is 23.9 Å². The summed E-state index contributed by atoms with van der Waals surface area (Å²) in [5, 5.41) is 2.86. The normalized spacial score (nSPS) is 10.7. The zero-order chi connectivity index (χ0) is 15.0. The molecule has 0 spiro atoms. The van der Waals surface area contributed by atoms with Crippen molar-refractivity contribution in [3.8, 4) is 0 Å². The maximum absolute atomic E-state index is 11.9. The first-order valence-corrected chi connectivity index (χ1v) is 7.00. The minimum atomic E-state index is -0.0911. The molecule has 1 amide bonds. The van der Waals surface area contributed by atoms with E-state index in [-0.39, 0.29) is 5.91 Å². The molecule has 1 heterocycles. The zero-order valence-electron chi connectivity index (χ0n) is 12.8. The molecule has 5 heteroatoms. The first kappa shape index (κ1) is 16.4. The SMILES string of the molecule is CC(C)COCCCNC(=O)c1ccc(N(C)C)nc1. The van der Waals surface area contributed by atoms with Crippen molar-refractivity contribution in [1.82, 2.24) is 10.3 Å². The van der Waals surface area contributed by atoms with Gasteiger partial charge in [0.25, 0.3) is 5.91 Å². The van der Waals surface area contributed by atoms with E-state index in [4.69, 9.17) is 4.74 Å². The summed E-state index contributed by atoms with van der Waals surface area (Å²) in [5.74, 6) is 1.29. The third-order valence-corrected chi connectivity index (χ3v) is 2.67. The van der Waals surface area contributed by atoms with Gasteiger partial charge in [-0.05, 0) is 24.5 Å². The standard InChI is InChI=1S/C15H25N3O2/c1-12(2)11-20-9-5-8-16-15(19)13-6-7-14(17-10-13)18(3)4/h6-7,10,12H,5,8-9,11H2,1-4H3,(H,16,19). The van der Waals surface area contributed by atoms with Crippen LogP contribution in [0.2, 0.25) is 0 Å². The average molecular weight is 279 g/mol. The Morgan fingerprint density at radius 3 is 2.70 bits per heavy atom. The second-order valence-electron chi connectivity index (χ2n) is 5.38. The van der Waals surface area contributed by atoms with Crippen LogP contribution in [0.4, 0.5) is 5.82 Å². The lowest BCUT2D eigenvalue weighted by Gasteiger charge is -2.11. The molecule has 0 bridgehead atoms. The van der Waals surface area contributed by atoms with Crippen LogP contribution in [0.25, 0.3) is 0 Å². The van der Waals surface area contributed by atoms with Crippen molar-refractivity contribution in [2.24, 2.45) is 5.92 Å². The van der Waals surface area contributed by atoms with E-state index in [1.807, 2.05) is 25.1 Å². The fourth-order valence-corrected chi connectivity index (χ4v) is 1.58. The van der Waals surface area contributed by atoms with Gasteiger partial charge in [-0.1, -0.05) is 13.8 Å². The van der Waals surface area contributed by atoms with Gasteiger partial charge < -0.3 is 15.0 Å². The monoisotopic (exact) mass is 279 g/mol. The van der Waals surface area contributed by atoms with E-state index in [9.17, 15) is 4.79 Å². The van der Waals surface area contributed by atoms with E-state index in [2.05, 4.69) is 24.1 Å². The predicted molar refractivity (Wildman–Crippen MR) is 81.2 cm³/mol. The van der Waals surface area contributed by atoms with Gasteiger partial charge in [0.1, 0.15) is 5.82 Å². The molecule has 0 aliphatic carbocycles. The second-order valence-corrected chi connectivity index (χ2v) is 5.38. The summed E-state index contributed by atoms with van der Waals surface area (Å²) >= 11 is 0. The fourth-order valence-electron chi connectivity index (χ4n) is 1.58. The highest BCUT2D eigenvalue weighted by Gasteiger charge is 2.06. The highest BCUT2D eigenvalue weighted by atomic mass is 16.5. The van der Waals surface area contributed by atoms with Crippen LogP contribution in [0.1, 0.15) is 30.6 Å². The molecular formula is C15H25N3O2. The van der Waals surface area contributed by atoms with Gasteiger partial charge in [0.05, 0.1) is 5.56 Å². The number of hydrogen-bond donors (Lipinski definition) is 1. The number of aromatic nitrogens is 1. The van der Waals surface area contributed by atoms with Crippen LogP contribution in [-0.2, 0) is 4.74 Å². The van der Waals surface area contributed by atoms with E-state index in [0.717, 1.165) is 18.8 Å². The number of nitrogens with zero attached hydrogens (tertiary/aromatic N) is 2. The molecule has 0 radical (unpaired) electrons. The number of carbonyl (C=O) groups is 1. The summed E-state index contributed by atoms with van der Waals surface area (Å²) in [5.41, 5.74) is 0.582. The lowest BCUT2D eigenvalue weighted by Crippen LogP contribution is -2.25. The lowest BCUT2D eigenvalue weighted by molar-refractivity contribution is 0.0924. The van der Waals surface area contributed by atoms with Crippen LogP contribution in [0.3, 0.4) is 0 Å². The van der Waals surface area contributed by atoms with Crippen LogP contribution < -0.4 is 10.2 Å². The molecule has 5 nitrogen and oxygen atoms in total. The Labute approximate surface area is 121 Å². The summed E-state index contributed by atoms with van der Waals surface area (Å²) < 4.78 is 5.46. The molecule has 0 fully saturated rings. The van der Waals surface area contributed by atoms with E-state index in [0.29, 0.717) is 24.6 Å². The maximum atomic E-state index is 11.9. The van der Waals surface area contributed by atoms with Gasteiger partial charge in [-0.3, -0.25) is 4.79 Å². The molecule has 0 atom stereocenters. The van der Waals surface area contributed by atoms with Crippen molar-refractivity contribution in [2.45, 2.75) is 20.3 Å². The Morgan fingerprint density at radius 1 is 1.40 bits per heavy atom. The Morgan fingerprint density at radius 2 is 2.15 bits per heavy atom. The van der Waals surface area contributed by atoms with Crippen LogP contribution in [0.5, 0.6) is 0 Å². The number of carbonyl (C=O) groups excluding carboxylic acids is 1. The fraction of sp³-hybridized carbons (Fsp3) is 0.600. The van der Waals surface area contributed by atoms with Gasteiger partial charge in [-0.15, -0.1) is 0 Å². The van der Waals surface area contributed by atoms with E-state index in [1.54, 1.807) is 12.3 Å². The van der Waals surface area contributed by atoms with Crippen molar-refractivity contribution in [2.75, 3.05) is 38.8 Å². The van der Waals surface area contributed by atoms with E-state index in [1.165, 1.54) is 0 Å². The summed E-state index contributed by atoms with van der Waals surface area (Å²) in [4.78, 5) is 18.0. The molecule has 0 aliphatic rings. The topological polar surface area (TPSA) is 54.5 Å². The van der Waals surface area contributed by atoms with Gasteiger partial charge in [-0.25, -0.2) is 4.98 Å². The summed E-state index contributed by atoms with van der Waals surface area (Å²) in [6.45, 7) is 6.30. The van der Waals surface area contributed by atoms with Crippen LogP contribution in [0, 0.1) is 5.92 Å². The molecular weight excluding hydrogens is 254 g/mol.